The minimum atomic E-state index is -0.628. The topological polar surface area (TPSA) is 89.3 Å². The highest BCUT2D eigenvalue weighted by Crippen LogP contribution is 2.31. The molecule has 0 saturated carbocycles. The van der Waals surface area contributed by atoms with Crippen LogP contribution < -0.4 is 10.1 Å². The molecule has 0 atom stereocenters. The highest BCUT2D eigenvalue weighted by atomic mass is 32.2. The van der Waals surface area contributed by atoms with E-state index in [0.29, 0.717) is 11.3 Å². The molecule has 0 aliphatic carbocycles. The number of amidine groups is 1. The summed E-state index contributed by atoms with van der Waals surface area (Å²) in [5, 5.41) is 10.7. The third-order valence-corrected chi connectivity index (χ3v) is 4.72. The molecule has 1 amide bonds. The third-order valence-electron chi connectivity index (χ3n) is 3.82. The van der Waals surface area contributed by atoms with Gasteiger partial charge in [-0.05, 0) is 47.2 Å². The van der Waals surface area contributed by atoms with Crippen LogP contribution in [0.3, 0.4) is 0 Å². The van der Waals surface area contributed by atoms with Crippen molar-refractivity contribution >= 4 is 35.0 Å². The highest BCUT2D eigenvalue weighted by molar-refractivity contribution is 8.18. The summed E-state index contributed by atoms with van der Waals surface area (Å²) in [6.07, 6.45) is 2.58. The van der Waals surface area contributed by atoms with Gasteiger partial charge in [0, 0.05) is 11.6 Å². The minimum absolute atomic E-state index is 0.172. The Hall–Kier alpha value is -3.46. The normalized spacial score (nSPS) is 16.4. The van der Waals surface area contributed by atoms with Crippen LogP contribution in [0.4, 0.5) is 4.39 Å². The van der Waals surface area contributed by atoms with Crippen molar-refractivity contribution in [3.63, 3.8) is 0 Å². The fraction of sp³-hybridized carbons (Fsp3) is 0.100. The molecular formula is C20H16FN3O4S. The standard InChI is InChI=1S/C20H16FN3O4S/c1-27-16-7-6-14(21)9-15(16)13-5-3-4-12(8-13)11-22-24-20-23-19(26)17(29-20)10-18(25)28-2/h3-11H,1-2H3,(H,23,24,26)/b17-10+,22-11?. The number of amides is 1. The minimum Gasteiger partial charge on any atom is -0.496 e. The molecule has 1 saturated heterocycles. The molecule has 7 nitrogen and oxygen atoms in total. The van der Waals surface area contributed by atoms with E-state index >= 15 is 0 Å². The summed E-state index contributed by atoms with van der Waals surface area (Å²) in [6, 6.07) is 11.5. The number of esters is 1. The molecule has 148 valence electrons. The molecule has 0 aromatic heterocycles. The van der Waals surface area contributed by atoms with Gasteiger partial charge in [-0.25, -0.2) is 9.18 Å². The molecule has 0 radical (unpaired) electrons. The van der Waals surface area contributed by atoms with Crippen molar-refractivity contribution in [1.82, 2.24) is 5.32 Å². The fourth-order valence-corrected chi connectivity index (χ4v) is 3.22. The summed E-state index contributed by atoms with van der Waals surface area (Å²) in [4.78, 5) is 23.2. The lowest BCUT2D eigenvalue weighted by atomic mass is 10.0. The average molecular weight is 413 g/mol. The molecule has 1 aliphatic heterocycles. The monoisotopic (exact) mass is 413 g/mol. The van der Waals surface area contributed by atoms with Gasteiger partial charge in [0.1, 0.15) is 11.6 Å². The Morgan fingerprint density at radius 3 is 2.79 bits per heavy atom. The molecule has 9 heteroatoms. The maximum Gasteiger partial charge on any atom is 0.331 e. The van der Waals surface area contributed by atoms with E-state index in [4.69, 9.17) is 4.74 Å². The number of carbonyl (C=O) groups is 2. The van der Waals surface area contributed by atoms with E-state index in [9.17, 15) is 14.0 Å². The lowest BCUT2D eigenvalue weighted by molar-refractivity contribution is -0.135. The average Bonchev–Trinajstić information content (AvgIpc) is 3.07. The van der Waals surface area contributed by atoms with Crippen LogP contribution in [-0.4, -0.2) is 37.5 Å². The van der Waals surface area contributed by atoms with Crippen LogP contribution in [0.25, 0.3) is 11.1 Å². The first kappa shape index (κ1) is 20.3. The number of rotatable bonds is 5. The molecule has 3 rings (SSSR count). The SMILES string of the molecule is COC(=O)/C=C1/S/C(=N\N=Cc2cccc(-c3cc(F)ccc3OC)c2)NC1=O. The molecule has 2 aromatic rings. The quantitative estimate of drug-likeness (QED) is 0.352. The van der Waals surface area contributed by atoms with Gasteiger partial charge in [-0.2, -0.15) is 5.10 Å². The van der Waals surface area contributed by atoms with Crippen molar-refractivity contribution in [2.45, 2.75) is 0 Å². The van der Waals surface area contributed by atoms with Gasteiger partial charge in [-0.1, -0.05) is 18.2 Å². The second-order valence-electron chi connectivity index (χ2n) is 5.71. The fourth-order valence-electron chi connectivity index (χ4n) is 2.48. The molecule has 1 N–H and O–H groups in total. The van der Waals surface area contributed by atoms with E-state index in [1.54, 1.807) is 12.1 Å². The number of halogens is 1. The van der Waals surface area contributed by atoms with Gasteiger partial charge in [0.25, 0.3) is 5.91 Å². The highest BCUT2D eigenvalue weighted by Gasteiger charge is 2.25. The first-order valence-electron chi connectivity index (χ1n) is 8.34. The predicted octanol–water partition coefficient (Wildman–Crippen LogP) is 3.11. The second kappa shape index (κ2) is 9.16. The van der Waals surface area contributed by atoms with Gasteiger partial charge >= 0.3 is 5.97 Å². The zero-order chi connectivity index (χ0) is 20.8. The van der Waals surface area contributed by atoms with Crippen LogP contribution in [0.1, 0.15) is 5.56 Å². The smallest absolute Gasteiger partial charge is 0.331 e. The van der Waals surface area contributed by atoms with Crippen LogP contribution in [0.15, 0.2) is 63.6 Å². The molecule has 0 spiro atoms. The van der Waals surface area contributed by atoms with E-state index in [2.05, 4.69) is 20.3 Å². The first-order chi connectivity index (χ1) is 14.0. The number of hydrogen-bond donors (Lipinski definition) is 1. The van der Waals surface area contributed by atoms with Gasteiger partial charge in [0.05, 0.1) is 25.3 Å². The van der Waals surface area contributed by atoms with Crippen LogP contribution >= 0.6 is 11.8 Å². The van der Waals surface area contributed by atoms with Gasteiger partial charge in [0.15, 0.2) is 5.17 Å². The van der Waals surface area contributed by atoms with Gasteiger partial charge in [0.2, 0.25) is 0 Å². The van der Waals surface area contributed by atoms with E-state index in [-0.39, 0.29) is 15.9 Å². The van der Waals surface area contributed by atoms with Crippen molar-refractivity contribution in [3.8, 4) is 16.9 Å². The Morgan fingerprint density at radius 2 is 2.03 bits per heavy atom. The molecule has 1 fully saturated rings. The van der Waals surface area contributed by atoms with Gasteiger partial charge in [-0.15, -0.1) is 5.10 Å². The zero-order valence-corrected chi connectivity index (χ0v) is 16.3. The van der Waals surface area contributed by atoms with Gasteiger partial charge < -0.3 is 9.47 Å². The first-order valence-corrected chi connectivity index (χ1v) is 9.15. The number of benzene rings is 2. The molecular weight excluding hydrogens is 397 g/mol. The number of ether oxygens (including phenoxy) is 2. The Morgan fingerprint density at radius 1 is 1.21 bits per heavy atom. The molecule has 1 aliphatic rings. The largest absolute Gasteiger partial charge is 0.496 e. The maximum absolute atomic E-state index is 13.6. The lowest BCUT2D eigenvalue weighted by Crippen LogP contribution is -2.19. The van der Waals surface area contributed by atoms with Crippen molar-refractivity contribution in [3.05, 3.63) is 64.8 Å². The lowest BCUT2D eigenvalue weighted by Gasteiger charge is -2.09. The molecule has 0 bridgehead atoms. The number of nitrogens with zero attached hydrogens (tertiary/aromatic N) is 2. The van der Waals surface area contributed by atoms with Gasteiger partial charge in [-0.3, -0.25) is 10.1 Å². The molecule has 1 heterocycles. The number of thioether (sulfide) groups is 1. The summed E-state index contributed by atoms with van der Waals surface area (Å²) in [7, 11) is 2.75. The van der Waals surface area contributed by atoms with E-state index in [1.807, 2.05) is 18.2 Å². The molecule has 0 unspecified atom stereocenters. The number of nitrogens with one attached hydrogen (secondary N) is 1. The Bertz CT molecular complexity index is 1050. The number of carbonyl (C=O) groups excluding carboxylic acids is 2. The maximum atomic E-state index is 13.6. The molecule has 2 aromatic carbocycles. The summed E-state index contributed by atoms with van der Waals surface area (Å²) < 4.78 is 23.4. The van der Waals surface area contributed by atoms with Crippen LogP contribution in [0, 0.1) is 5.82 Å². The van der Waals surface area contributed by atoms with E-state index < -0.39 is 11.9 Å². The zero-order valence-electron chi connectivity index (χ0n) is 15.5. The Labute approximate surface area is 170 Å². The summed E-state index contributed by atoms with van der Waals surface area (Å²) in [6.45, 7) is 0. The van der Waals surface area contributed by atoms with E-state index in [1.165, 1.54) is 32.6 Å². The Balaban J connectivity index is 1.78. The second-order valence-corrected chi connectivity index (χ2v) is 6.74. The summed E-state index contributed by atoms with van der Waals surface area (Å²) >= 11 is 0.982. The van der Waals surface area contributed by atoms with Crippen LogP contribution in [0.2, 0.25) is 0 Å². The van der Waals surface area contributed by atoms with Crippen molar-refractivity contribution in [2.75, 3.05) is 14.2 Å². The molecule has 29 heavy (non-hydrogen) atoms. The summed E-state index contributed by atoms with van der Waals surface area (Å²) in [5.74, 6) is -0.890. The Kier molecular flexibility index (Phi) is 6.40. The number of methoxy groups -OCH3 is 2. The van der Waals surface area contributed by atoms with Crippen molar-refractivity contribution in [2.24, 2.45) is 10.2 Å². The predicted molar refractivity (Wildman–Crippen MR) is 109 cm³/mol. The van der Waals surface area contributed by atoms with Crippen LogP contribution in [-0.2, 0) is 14.3 Å². The third kappa shape index (κ3) is 5.08. The van der Waals surface area contributed by atoms with E-state index in [0.717, 1.165) is 29.0 Å². The van der Waals surface area contributed by atoms with Crippen LogP contribution in [0.5, 0.6) is 5.75 Å². The summed E-state index contributed by atoms with van der Waals surface area (Å²) in [5.41, 5.74) is 2.09. The number of hydrogen-bond acceptors (Lipinski definition) is 7. The van der Waals surface area contributed by atoms with Crippen molar-refractivity contribution in [1.29, 1.82) is 0 Å². The van der Waals surface area contributed by atoms with Crippen molar-refractivity contribution < 1.29 is 23.5 Å².